The van der Waals surface area contributed by atoms with E-state index in [0.717, 1.165) is 15.7 Å². The van der Waals surface area contributed by atoms with Crippen molar-refractivity contribution < 1.29 is 9.53 Å². The number of carbonyl (C=O) groups is 1. The van der Waals surface area contributed by atoms with Crippen molar-refractivity contribution in [1.82, 2.24) is 0 Å². The molecule has 0 atom stereocenters. The van der Waals surface area contributed by atoms with E-state index in [0.29, 0.717) is 11.4 Å². The molecule has 0 fully saturated rings. The van der Waals surface area contributed by atoms with Gasteiger partial charge in [-0.3, -0.25) is 4.79 Å². The number of ether oxygens (including phenoxy) is 1. The highest BCUT2D eigenvalue weighted by atomic mass is 79.9. The fraction of sp³-hybridized carbons (Fsp3) is 0.133. The smallest absolute Gasteiger partial charge is 0.262 e. The number of anilines is 2. The van der Waals surface area contributed by atoms with Crippen LogP contribution in [0.3, 0.4) is 0 Å². The molecular formula is C15H15BrN2O2. The van der Waals surface area contributed by atoms with Crippen molar-refractivity contribution in [1.29, 1.82) is 0 Å². The molecule has 0 saturated carbocycles. The normalized spacial score (nSPS) is 10.1. The second kappa shape index (κ2) is 6.43. The molecule has 0 saturated heterocycles. The van der Waals surface area contributed by atoms with Crippen LogP contribution in [0.4, 0.5) is 11.4 Å². The van der Waals surface area contributed by atoms with Gasteiger partial charge in [0.15, 0.2) is 6.61 Å². The van der Waals surface area contributed by atoms with E-state index in [4.69, 9.17) is 10.5 Å². The Labute approximate surface area is 126 Å². The Morgan fingerprint density at radius 3 is 2.60 bits per heavy atom. The molecule has 4 nitrogen and oxygen atoms in total. The van der Waals surface area contributed by atoms with Gasteiger partial charge in [0.25, 0.3) is 5.91 Å². The molecule has 104 valence electrons. The van der Waals surface area contributed by atoms with E-state index in [-0.39, 0.29) is 12.5 Å². The predicted molar refractivity (Wildman–Crippen MR) is 83.9 cm³/mol. The zero-order valence-electron chi connectivity index (χ0n) is 11.0. The first kappa shape index (κ1) is 14.4. The number of benzene rings is 2. The van der Waals surface area contributed by atoms with Crippen LogP contribution >= 0.6 is 15.9 Å². The molecule has 0 radical (unpaired) electrons. The fourth-order valence-corrected chi connectivity index (χ4v) is 2.21. The molecular weight excluding hydrogens is 320 g/mol. The molecule has 0 aliphatic heterocycles. The fourth-order valence-electron chi connectivity index (χ4n) is 1.62. The van der Waals surface area contributed by atoms with Gasteiger partial charge in [0.1, 0.15) is 5.75 Å². The number of halogens is 1. The second-order valence-electron chi connectivity index (χ2n) is 4.39. The number of hydrogen-bond donors (Lipinski definition) is 2. The van der Waals surface area contributed by atoms with E-state index >= 15 is 0 Å². The summed E-state index contributed by atoms with van der Waals surface area (Å²) < 4.78 is 6.22. The molecule has 0 aliphatic rings. The average molecular weight is 335 g/mol. The van der Waals surface area contributed by atoms with E-state index in [1.165, 1.54) is 0 Å². The number of carbonyl (C=O) groups excluding carboxylic acids is 1. The van der Waals surface area contributed by atoms with E-state index in [2.05, 4.69) is 21.2 Å². The number of rotatable bonds is 4. The van der Waals surface area contributed by atoms with Crippen LogP contribution in [0.2, 0.25) is 0 Å². The molecule has 2 rings (SSSR count). The second-order valence-corrected chi connectivity index (χ2v) is 5.24. The highest BCUT2D eigenvalue weighted by Crippen LogP contribution is 2.23. The molecule has 2 aromatic rings. The number of hydrogen-bond acceptors (Lipinski definition) is 3. The third-order valence-electron chi connectivity index (χ3n) is 2.65. The molecule has 1 amide bonds. The highest BCUT2D eigenvalue weighted by Gasteiger charge is 2.06. The Morgan fingerprint density at radius 2 is 1.95 bits per heavy atom. The summed E-state index contributed by atoms with van der Waals surface area (Å²) in [5.41, 5.74) is 8.07. The van der Waals surface area contributed by atoms with Crippen molar-refractivity contribution in [2.24, 2.45) is 0 Å². The molecule has 0 aliphatic carbocycles. The first-order valence-electron chi connectivity index (χ1n) is 6.09. The van der Waals surface area contributed by atoms with Gasteiger partial charge in [-0.25, -0.2) is 0 Å². The molecule has 0 aromatic heterocycles. The largest absolute Gasteiger partial charge is 0.484 e. The Balaban J connectivity index is 1.90. The van der Waals surface area contributed by atoms with Crippen molar-refractivity contribution in [2.45, 2.75) is 6.92 Å². The summed E-state index contributed by atoms with van der Waals surface area (Å²) in [6, 6.07) is 12.6. The van der Waals surface area contributed by atoms with Gasteiger partial charge in [0.2, 0.25) is 0 Å². The Kier molecular flexibility index (Phi) is 4.63. The Bertz CT molecular complexity index is 612. The lowest BCUT2D eigenvalue weighted by Gasteiger charge is -2.09. The van der Waals surface area contributed by atoms with E-state index < -0.39 is 0 Å². The summed E-state index contributed by atoms with van der Waals surface area (Å²) >= 11 is 3.41. The summed E-state index contributed by atoms with van der Waals surface area (Å²) in [6.07, 6.45) is 0. The zero-order chi connectivity index (χ0) is 14.5. The topological polar surface area (TPSA) is 64.3 Å². The molecule has 0 bridgehead atoms. The lowest BCUT2D eigenvalue weighted by molar-refractivity contribution is -0.118. The van der Waals surface area contributed by atoms with Crippen molar-refractivity contribution in [2.75, 3.05) is 17.7 Å². The lowest BCUT2D eigenvalue weighted by atomic mass is 10.2. The number of aryl methyl sites for hydroxylation is 1. The number of nitrogens with one attached hydrogen (secondary N) is 1. The minimum Gasteiger partial charge on any atom is -0.484 e. The standard InChI is InChI=1S/C15H15BrN2O2/c1-10-2-7-14(13(16)8-10)18-15(19)9-20-12-5-3-11(17)4-6-12/h2-8H,9,17H2,1H3,(H,18,19). The van der Waals surface area contributed by atoms with E-state index in [1.807, 2.05) is 25.1 Å². The zero-order valence-corrected chi connectivity index (χ0v) is 12.6. The molecule has 2 aromatic carbocycles. The monoisotopic (exact) mass is 334 g/mol. The average Bonchev–Trinajstić information content (AvgIpc) is 2.41. The molecule has 3 N–H and O–H groups in total. The minimum absolute atomic E-state index is 0.0514. The third-order valence-corrected chi connectivity index (χ3v) is 3.30. The summed E-state index contributed by atoms with van der Waals surface area (Å²) in [5.74, 6) is 0.392. The summed E-state index contributed by atoms with van der Waals surface area (Å²) in [7, 11) is 0. The number of nitrogens with two attached hydrogens (primary N) is 1. The molecule has 0 spiro atoms. The van der Waals surface area contributed by atoms with Gasteiger partial charge < -0.3 is 15.8 Å². The third kappa shape index (κ3) is 3.99. The maximum absolute atomic E-state index is 11.8. The summed E-state index contributed by atoms with van der Waals surface area (Å²) in [5, 5.41) is 2.78. The predicted octanol–water partition coefficient (Wildman–Crippen LogP) is 3.36. The highest BCUT2D eigenvalue weighted by molar-refractivity contribution is 9.10. The number of amides is 1. The summed E-state index contributed by atoms with van der Waals surface area (Å²) in [6.45, 7) is 1.94. The van der Waals surface area contributed by atoms with E-state index in [9.17, 15) is 4.79 Å². The molecule has 0 heterocycles. The first-order valence-corrected chi connectivity index (χ1v) is 6.88. The van der Waals surface area contributed by atoms with Gasteiger partial charge in [-0.1, -0.05) is 6.07 Å². The van der Waals surface area contributed by atoms with Crippen molar-refractivity contribution in [3.05, 3.63) is 52.5 Å². The molecule has 20 heavy (non-hydrogen) atoms. The van der Waals surface area contributed by atoms with Gasteiger partial charge in [0.05, 0.1) is 5.69 Å². The quantitative estimate of drug-likeness (QED) is 0.842. The summed E-state index contributed by atoms with van der Waals surface area (Å²) in [4.78, 5) is 11.8. The minimum atomic E-state index is -0.216. The van der Waals surface area contributed by atoms with Crippen LogP contribution < -0.4 is 15.8 Å². The van der Waals surface area contributed by atoms with Crippen LogP contribution in [0.5, 0.6) is 5.75 Å². The maximum Gasteiger partial charge on any atom is 0.262 e. The molecule has 0 unspecified atom stereocenters. The number of nitrogen functional groups attached to an aromatic ring is 1. The Hall–Kier alpha value is -2.01. The van der Waals surface area contributed by atoms with Crippen molar-refractivity contribution in [3.8, 4) is 5.75 Å². The van der Waals surface area contributed by atoms with Gasteiger partial charge in [-0.05, 0) is 64.8 Å². The van der Waals surface area contributed by atoms with Crippen LogP contribution in [0.25, 0.3) is 0 Å². The van der Waals surface area contributed by atoms with Crippen LogP contribution in [-0.4, -0.2) is 12.5 Å². The first-order chi connectivity index (χ1) is 9.54. The SMILES string of the molecule is Cc1ccc(NC(=O)COc2ccc(N)cc2)c(Br)c1. The Morgan fingerprint density at radius 1 is 1.25 bits per heavy atom. The van der Waals surface area contributed by atoms with Crippen LogP contribution in [0.1, 0.15) is 5.56 Å². The van der Waals surface area contributed by atoms with Crippen LogP contribution in [0.15, 0.2) is 46.9 Å². The van der Waals surface area contributed by atoms with Crippen molar-refractivity contribution >= 4 is 33.2 Å². The van der Waals surface area contributed by atoms with E-state index in [1.54, 1.807) is 24.3 Å². The van der Waals surface area contributed by atoms with Gasteiger partial charge >= 0.3 is 0 Å². The van der Waals surface area contributed by atoms with Crippen LogP contribution in [-0.2, 0) is 4.79 Å². The van der Waals surface area contributed by atoms with Crippen LogP contribution in [0, 0.1) is 6.92 Å². The maximum atomic E-state index is 11.8. The molecule has 5 heteroatoms. The van der Waals surface area contributed by atoms with Crippen molar-refractivity contribution in [3.63, 3.8) is 0 Å². The van der Waals surface area contributed by atoms with Gasteiger partial charge in [0, 0.05) is 10.2 Å². The van der Waals surface area contributed by atoms with Gasteiger partial charge in [-0.15, -0.1) is 0 Å². The van der Waals surface area contributed by atoms with Gasteiger partial charge in [-0.2, -0.15) is 0 Å². The lowest BCUT2D eigenvalue weighted by Crippen LogP contribution is -2.20.